The van der Waals surface area contributed by atoms with Crippen LogP contribution in [0.15, 0.2) is 84.9 Å². The summed E-state index contributed by atoms with van der Waals surface area (Å²) >= 11 is 0. The Hall–Kier alpha value is -1.52. The Balaban J connectivity index is 0.00000261. The molecule has 0 aliphatic rings. The summed E-state index contributed by atoms with van der Waals surface area (Å²) in [5.74, 6) is -0.469. The third kappa shape index (κ3) is 6.54. The van der Waals surface area contributed by atoms with Crippen LogP contribution in [-0.2, 0) is 15.7 Å². The van der Waals surface area contributed by atoms with Crippen molar-refractivity contribution in [2.24, 2.45) is 0 Å². The van der Waals surface area contributed by atoms with Crippen molar-refractivity contribution in [1.82, 2.24) is 0 Å². The maximum Gasteiger partial charge on any atom is 1.00 e. The number of ketones is 1. The molecule has 0 heterocycles. The number of hydrogen-bond acceptors (Lipinski definition) is 4. The summed E-state index contributed by atoms with van der Waals surface area (Å²) in [7, 11) is -4.25. The van der Waals surface area contributed by atoms with E-state index in [1.807, 2.05) is 54.6 Å². The molecule has 0 saturated heterocycles. The molecular weight excluding hydrogens is 370 g/mol. The molecular formula is C21H18NaO4P. The molecule has 3 rings (SSSR count). The third-order valence-corrected chi connectivity index (χ3v) is 5.12. The molecule has 1 atom stereocenters. The molecule has 4 nitrogen and oxygen atoms in total. The predicted octanol–water partition coefficient (Wildman–Crippen LogP) is 1.31. The van der Waals surface area contributed by atoms with E-state index in [0.717, 1.165) is 16.7 Å². The Kier molecular flexibility index (Phi) is 8.18. The van der Waals surface area contributed by atoms with Gasteiger partial charge in [-0.2, -0.15) is 0 Å². The Bertz CT molecular complexity index is 912. The fourth-order valence-electron chi connectivity index (χ4n) is 2.53. The maximum absolute atomic E-state index is 12.1. The molecule has 0 amide bonds. The van der Waals surface area contributed by atoms with Crippen LogP contribution < -0.4 is 34.5 Å². The predicted molar refractivity (Wildman–Crippen MR) is 99.9 cm³/mol. The van der Waals surface area contributed by atoms with Crippen molar-refractivity contribution < 1.29 is 48.3 Å². The minimum absolute atomic E-state index is 0. The Morgan fingerprint density at radius 1 is 0.815 bits per heavy atom. The quantitative estimate of drug-likeness (QED) is 0.348. The zero-order valence-corrected chi connectivity index (χ0v) is 18.0. The maximum atomic E-state index is 12.1. The van der Waals surface area contributed by atoms with Crippen LogP contribution in [0.1, 0.15) is 15.9 Å². The summed E-state index contributed by atoms with van der Waals surface area (Å²) < 4.78 is 17.1. The first-order chi connectivity index (χ1) is 12.5. The zero-order valence-electron chi connectivity index (χ0n) is 15.1. The molecule has 27 heavy (non-hydrogen) atoms. The monoisotopic (exact) mass is 388 g/mol. The van der Waals surface area contributed by atoms with Crippen molar-refractivity contribution in [1.29, 1.82) is 0 Å². The van der Waals surface area contributed by atoms with Gasteiger partial charge in [-0.3, -0.25) is 4.79 Å². The normalized spacial score (nSPS) is 12.6. The molecule has 3 aromatic carbocycles. The molecule has 0 aliphatic heterocycles. The van der Waals surface area contributed by atoms with Crippen LogP contribution >= 0.6 is 7.60 Å². The zero-order chi connectivity index (χ0) is 18.4. The van der Waals surface area contributed by atoms with E-state index in [1.54, 1.807) is 30.3 Å². The molecule has 1 unspecified atom stereocenters. The fraction of sp³-hybridized carbons (Fsp3) is 0.0952. The molecule has 0 fully saturated rings. The summed E-state index contributed by atoms with van der Waals surface area (Å²) in [6.45, 7) is -0.0854. The summed E-state index contributed by atoms with van der Waals surface area (Å²) in [6.07, 6.45) is -0.640. The minimum Gasteiger partial charge on any atom is -0.778 e. The van der Waals surface area contributed by atoms with Gasteiger partial charge in [-0.1, -0.05) is 84.9 Å². The van der Waals surface area contributed by atoms with Gasteiger partial charge in [0.2, 0.25) is 0 Å². The summed E-state index contributed by atoms with van der Waals surface area (Å²) in [5, 5.41) is 0. The second kappa shape index (κ2) is 10.1. The van der Waals surface area contributed by atoms with E-state index in [-0.39, 0.29) is 36.2 Å². The van der Waals surface area contributed by atoms with Crippen LogP contribution in [0.5, 0.6) is 0 Å². The number of Topliss-reactive ketones (excluding diaryl/α,β-unsaturated/α-hetero) is 1. The first-order valence-electron chi connectivity index (χ1n) is 8.21. The molecule has 3 aromatic rings. The van der Waals surface area contributed by atoms with Gasteiger partial charge in [0.05, 0.1) is 12.8 Å². The van der Waals surface area contributed by atoms with Gasteiger partial charge in [0.25, 0.3) is 0 Å². The number of carbonyl (C=O) groups excluding carboxylic acids is 1. The summed E-state index contributed by atoms with van der Waals surface area (Å²) in [5.41, 5.74) is 3.22. The van der Waals surface area contributed by atoms with E-state index in [0.29, 0.717) is 5.56 Å². The smallest absolute Gasteiger partial charge is 0.778 e. The van der Waals surface area contributed by atoms with Crippen molar-refractivity contribution >= 4 is 13.4 Å². The molecule has 0 N–H and O–H groups in total. The summed E-state index contributed by atoms with van der Waals surface area (Å²) in [4.78, 5) is 24.1. The molecule has 0 bridgehead atoms. The van der Waals surface area contributed by atoms with Gasteiger partial charge in [-0.25, -0.2) is 0 Å². The second-order valence-corrected chi connectivity index (χ2v) is 7.69. The van der Waals surface area contributed by atoms with E-state index in [1.165, 1.54) is 0 Å². The molecule has 0 saturated carbocycles. The fourth-order valence-corrected chi connectivity index (χ4v) is 3.51. The average Bonchev–Trinajstić information content (AvgIpc) is 2.68. The largest absolute Gasteiger partial charge is 1.00 e. The van der Waals surface area contributed by atoms with E-state index in [2.05, 4.69) is 0 Å². The van der Waals surface area contributed by atoms with Crippen LogP contribution in [0.4, 0.5) is 0 Å². The van der Waals surface area contributed by atoms with Crippen LogP contribution in [0.25, 0.3) is 11.1 Å². The first-order valence-corrected chi connectivity index (χ1v) is 9.93. The van der Waals surface area contributed by atoms with E-state index in [9.17, 15) is 14.3 Å². The van der Waals surface area contributed by atoms with E-state index < -0.39 is 19.5 Å². The Morgan fingerprint density at radius 2 is 1.33 bits per heavy atom. The summed E-state index contributed by atoms with van der Waals surface area (Å²) in [6, 6.07) is 25.7. The van der Waals surface area contributed by atoms with Gasteiger partial charge in [-0.05, 0) is 16.7 Å². The van der Waals surface area contributed by atoms with Gasteiger partial charge >= 0.3 is 29.6 Å². The van der Waals surface area contributed by atoms with Gasteiger partial charge in [0.1, 0.15) is 7.60 Å². The Morgan fingerprint density at radius 3 is 1.93 bits per heavy atom. The van der Waals surface area contributed by atoms with Crippen LogP contribution in [-0.4, -0.2) is 11.9 Å². The third-order valence-electron chi connectivity index (χ3n) is 3.92. The average molecular weight is 388 g/mol. The molecule has 6 heteroatoms. The molecule has 0 aromatic heterocycles. The first kappa shape index (κ1) is 21.8. The van der Waals surface area contributed by atoms with E-state index in [4.69, 9.17) is 4.52 Å². The van der Waals surface area contributed by atoms with Crippen LogP contribution in [0.2, 0.25) is 0 Å². The van der Waals surface area contributed by atoms with Gasteiger partial charge < -0.3 is 14.0 Å². The van der Waals surface area contributed by atoms with Crippen LogP contribution in [0, 0.1) is 0 Å². The van der Waals surface area contributed by atoms with E-state index >= 15 is 0 Å². The van der Waals surface area contributed by atoms with Crippen molar-refractivity contribution in [3.8, 4) is 11.1 Å². The van der Waals surface area contributed by atoms with Crippen molar-refractivity contribution in [2.45, 2.75) is 6.61 Å². The number of carbonyl (C=O) groups is 1. The molecule has 0 spiro atoms. The second-order valence-electron chi connectivity index (χ2n) is 5.89. The van der Waals surface area contributed by atoms with Crippen molar-refractivity contribution in [3.63, 3.8) is 0 Å². The van der Waals surface area contributed by atoms with Crippen molar-refractivity contribution in [2.75, 3.05) is 6.16 Å². The number of rotatable bonds is 7. The topological polar surface area (TPSA) is 66.4 Å². The number of hydrogen-bond donors (Lipinski definition) is 0. The van der Waals surface area contributed by atoms with Gasteiger partial charge in [-0.15, -0.1) is 0 Å². The minimum atomic E-state index is -4.25. The number of benzene rings is 3. The molecule has 0 aliphatic carbocycles. The molecule has 132 valence electrons. The SMILES string of the molecule is O=C(CP(=O)([O-])OCc1ccc(-c2ccccc2)cc1)c1ccccc1.[Na+]. The standard InChI is InChI=1S/C21H19O4P.Na/c22-21(20-9-5-2-6-10-20)16-26(23,24)25-15-17-11-13-19(14-12-17)18-7-3-1-4-8-18;/h1-14H,15-16H2,(H,23,24);/q;+1/p-1. The van der Waals surface area contributed by atoms with Gasteiger partial charge in [0, 0.05) is 5.56 Å². The van der Waals surface area contributed by atoms with Crippen LogP contribution in [0.3, 0.4) is 0 Å². The van der Waals surface area contributed by atoms with Crippen molar-refractivity contribution in [3.05, 3.63) is 96.1 Å². The van der Waals surface area contributed by atoms with Gasteiger partial charge in [0.15, 0.2) is 5.78 Å². The Labute approximate surface area is 181 Å². The molecule has 0 radical (unpaired) electrons.